The summed E-state index contributed by atoms with van der Waals surface area (Å²) in [6, 6.07) is 3.36. The van der Waals surface area contributed by atoms with Crippen molar-refractivity contribution in [3.63, 3.8) is 0 Å². The third kappa shape index (κ3) is 3.58. The van der Waals surface area contributed by atoms with Crippen molar-refractivity contribution in [1.82, 2.24) is 0 Å². The van der Waals surface area contributed by atoms with Gasteiger partial charge in [-0.15, -0.1) is 0 Å². The molecule has 0 aliphatic heterocycles. The molecule has 88 valence electrons. The highest BCUT2D eigenvalue weighted by Gasteiger charge is 2.30. The average molecular weight is 231 g/mol. The van der Waals surface area contributed by atoms with E-state index < -0.39 is 11.7 Å². The molecule has 0 heterocycles. The second-order valence-corrected chi connectivity index (χ2v) is 3.30. The molecular weight excluding hydrogens is 219 g/mol. The quantitative estimate of drug-likeness (QED) is 0.785. The Bertz CT molecular complexity index is 385. The number of aliphatic hydroxyl groups excluding tert-OH is 1. The van der Waals surface area contributed by atoms with Gasteiger partial charge >= 0.3 is 6.18 Å². The van der Waals surface area contributed by atoms with Gasteiger partial charge in [-0.25, -0.2) is 0 Å². The summed E-state index contributed by atoms with van der Waals surface area (Å²) in [5.41, 5.74) is 5.05. The van der Waals surface area contributed by atoms with Crippen molar-refractivity contribution in [2.45, 2.75) is 12.6 Å². The van der Waals surface area contributed by atoms with Crippen LogP contribution in [0.4, 0.5) is 18.9 Å². The van der Waals surface area contributed by atoms with Crippen molar-refractivity contribution < 1.29 is 18.3 Å². The number of benzene rings is 1. The zero-order valence-electron chi connectivity index (χ0n) is 8.46. The molecule has 0 aliphatic carbocycles. The minimum atomic E-state index is -4.39. The fourth-order valence-electron chi connectivity index (χ4n) is 1.23. The Labute approximate surface area is 91.2 Å². The van der Waals surface area contributed by atoms with Crippen LogP contribution < -0.4 is 5.73 Å². The summed E-state index contributed by atoms with van der Waals surface area (Å²) in [5.74, 6) is 0. The summed E-state index contributed by atoms with van der Waals surface area (Å²) in [4.78, 5) is 0. The molecule has 0 saturated heterocycles. The van der Waals surface area contributed by atoms with E-state index in [9.17, 15) is 13.2 Å². The Morgan fingerprint density at radius 3 is 2.50 bits per heavy atom. The standard InChI is InChI=1S/C11H12F3NO/c12-11(13,14)9-5-8(3-1-2-4-16)6-10(15)7-9/h1,3,5-7,16H,2,4,15H2. The Balaban J connectivity index is 2.99. The Hall–Kier alpha value is -1.49. The van der Waals surface area contributed by atoms with Crippen molar-refractivity contribution in [3.05, 3.63) is 35.4 Å². The summed E-state index contributed by atoms with van der Waals surface area (Å²) in [6.45, 7) is -0.0368. The molecule has 2 nitrogen and oxygen atoms in total. The molecule has 1 rings (SSSR count). The van der Waals surface area contributed by atoms with Crippen LogP contribution in [0.25, 0.3) is 6.08 Å². The highest BCUT2D eigenvalue weighted by atomic mass is 19.4. The van der Waals surface area contributed by atoms with Gasteiger partial charge in [-0.3, -0.25) is 0 Å². The lowest BCUT2D eigenvalue weighted by molar-refractivity contribution is -0.137. The third-order valence-corrected chi connectivity index (χ3v) is 1.91. The Morgan fingerprint density at radius 1 is 1.25 bits per heavy atom. The van der Waals surface area contributed by atoms with Gasteiger partial charge in [0.25, 0.3) is 0 Å². The van der Waals surface area contributed by atoms with Gasteiger partial charge in [0.05, 0.1) is 5.56 Å². The SMILES string of the molecule is Nc1cc(C=CCCO)cc(C(F)(F)F)c1. The molecule has 0 radical (unpaired) electrons. The highest BCUT2D eigenvalue weighted by molar-refractivity contribution is 5.58. The largest absolute Gasteiger partial charge is 0.416 e. The van der Waals surface area contributed by atoms with E-state index in [-0.39, 0.29) is 12.3 Å². The number of halogens is 3. The summed E-state index contributed by atoms with van der Waals surface area (Å²) in [5, 5.41) is 8.53. The molecule has 0 bridgehead atoms. The topological polar surface area (TPSA) is 46.2 Å². The fourth-order valence-corrected chi connectivity index (χ4v) is 1.23. The number of nitrogens with two attached hydrogens (primary N) is 1. The number of aliphatic hydroxyl groups is 1. The molecular formula is C11H12F3NO. The minimum absolute atomic E-state index is 0.0368. The number of anilines is 1. The van der Waals surface area contributed by atoms with Crippen molar-refractivity contribution in [1.29, 1.82) is 0 Å². The molecule has 3 N–H and O–H groups in total. The molecule has 0 atom stereocenters. The van der Waals surface area contributed by atoms with Crippen LogP contribution in [-0.2, 0) is 6.18 Å². The molecule has 0 fully saturated rings. The van der Waals surface area contributed by atoms with E-state index >= 15 is 0 Å². The molecule has 1 aromatic rings. The van der Waals surface area contributed by atoms with Gasteiger partial charge in [-0.1, -0.05) is 12.2 Å². The summed E-state index contributed by atoms with van der Waals surface area (Å²) >= 11 is 0. The summed E-state index contributed by atoms with van der Waals surface area (Å²) in [7, 11) is 0. The molecule has 0 spiro atoms. The second-order valence-electron chi connectivity index (χ2n) is 3.30. The molecule has 0 amide bonds. The van der Waals surface area contributed by atoms with Gasteiger partial charge in [0, 0.05) is 12.3 Å². The van der Waals surface area contributed by atoms with E-state index in [1.165, 1.54) is 12.1 Å². The normalized spacial score (nSPS) is 12.2. The first-order chi connectivity index (χ1) is 7.43. The molecule has 0 aliphatic rings. The van der Waals surface area contributed by atoms with E-state index in [1.807, 2.05) is 0 Å². The van der Waals surface area contributed by atoms with Gasteiger partial charge in [-0.2, -0.15) is 13.2 Å². The van der Waals surface area contributed by atoms with Crippen LogP contribution in [0.3, 0.4) is 0 Å². The van der Waals surface area contributed by atoms with Gasteiger partial charge in [0.1, 0.15) is 0 Å². The van der Waals surface area contributed by atoms with Crippen LogP contribution in [0.5, 0.6) is 0 Å². The Kier molecular flexibility index (Phi) is 3.95. The van der Waals surface area contributed by atoms with Gasteiger partial charge < -0.3 is 10.8 Å². The van der Waals surface area contributed by atoms with Crippen molar-refractivity contribution in [2.24, 2.45) is 0 Å². The van der Waals surface area contributed by atoms with Gasteiger partial charge in [-0.05, 0) is 30.2 Å². The number of hydrogen-bond acceptors (Lipinski definition) is 2. The number of alkyl halides is 3. The van der Waals surface area contributed by atoms with Crippen LogP contribution in [0.1, 0.15) is 17.5 Å². The predicted molar refractivity (Wildman–Crippen MR) is 56.6 cm³/mol. The number of hydrogen-bond donors (Lipinski definition) is 2. The van der Waals surface area contributed by atoms with E-state index in [1.54, 1.807) is 6.08 Å². The summed E-state index contributed by atoms with van der Waals surface area (Å²) in [6.07, 6.45) is -0.901. The van der Waals surface area contributed by atoms with Crippen LogP contribution in [0, 0.1) is 0 Å². The minimum Gasteiger partial charge on any atom is -0.399 e. The molecule has 0 saturated carbocycles. The highest BCUT2D eigenvalue weighted by Crippen LogP contribution is 2.31. The molecule has 0 unspecified atom stereocenters. The van der Waals surface area contributed by atoms with Crippen LogP contribution in [-0.4, -0.2) is 11.7 Å². The van der Waals surface area contributed by atoms with Gasteiger partial charge in [0.2, 0.25) is 0 Å². The van der Waals surface area contributed by atoms with E-state index in [0.717, 1.165) is 12.1 Å². The third-order valence-electron chi connectivity index (χ3n) is 1.91. The first-order valence-electron chi connectivity index (χ1n) is 4.68. The van der Waals surface area contributed by atoms with E-state index in [2.05, 4.69) is 0 Å². The number of rotatable bonds is 3. The molecule has 16 heavy (non-hydrogen) atoms. The lowest BCUT2D eigenvalue weighted by Gasteiger charge is -2.08. The maximum absolute atomic E-state index is 12.4. The summed E-state index contributed by atoms with van der Waals surface area (Å²) < 4.78 is 37.2. The maximum Gasteiger partial charge on any atom is 0.416 e. The van der Waals surface area contributed by atoms with Crippen LogP contribution in [0.15, 0.2) is 24.3 Å². The number of nitrogen functional groups attached to an aromatic ring is 1. The van der Waals surface area contributed by atoms with Gasteiger partial charge in [0.15, 0.2) is 0 Å². The molecule has 0 aromatic heterocycles. The van der Waals surface area contributed by atoms with Crippen LogP contribution in [0.2, 0.25) is 0 Å². The van der Waals surface area contributed by atoms with Crippen molar-refractivity contribution in [2.75, 3.05) is 12.3 Å². The lowest BCUT2D eigenvalue weighted by atomic mass is 10.1. The van der Waals surface area contributed by atoms with Crippen LogP contribution >= 0.6 is 0 Å². The van der Waals surface area contributed by atoms with Crippen molar-refractivity contribution >= 4 is 11.8 Å². The second kappa shape index (κ2) is 5.03. The maximum atomic E-state index is 12.4. The first kappa shape index (κ1) is 12.6. The Morgan fingerprint density at radius 2 is 1.94 bits per heavy atom. The van der Waals surface area contributed by atoms with Crippen molar-refractivity contribution in [3.8, 4) is 0 Å². The smallest absolute Gasteiger partial charge is 0.399 e. The van der Waals surface area contributed by atoms with E-state index in [0.29, 0.717) is 12.0 Å². The molecule has 5 heteroatoms. The zero-order chi connectivity index (χ0) is 12.2. The fraction of sp³-hybridized carbons (Fsp3) is 0.273. The monoisotopic (exact) mass is 231 g/mol. The first-order valence-corrected chi connectivity index (χ1v) is 4.68. The zero-order valence-corrected chi connectivity index (χ0v) is 8.46. The predicted octanol–water partition coefficient (Wildman–Crippen LogP) is 2.68. The molecule has 1 aromatic carbocycles. The van der Waals surface area contributed by atoms with E-state index in [4.69, 9.17) is 10.8 Å². The lowest BCUT2D eigenvalue weighted by Crippen LogP contribution is -2.06. The average Bonchev–Trinajstić information content (AvgIpc) is 2.16.